The van der Waals surface area contributed by atoms with E-state index in [1.54, 1.807) is 21.1 Å². The maximum atomic E-state index is 8.13. The summed E-state index contributed by atoms with van der Waals surface area (Å²) in [5, 5.41) is 24.4. The van der Waals surface area contributed by atoms with Gasteiger partial charge in [0, 0.05) is 20.6 Å². The third-order valence-electron chi connectivity index (χ3n) is 0.821. The van der Waals surface area contributed by atoms with Gasteiger partial charge in [-0.25, -0.2) is 0 Å². The fraction of sp³-hybridized carbons (Fsp3) is 1.00. The fourth-order valence-corrected chi connectivity index (χ4v) is 0.453. The van der Waals surface area contributed by atoms with E-state index < -0.39 is 5.97 Å². The standard InChI is InChI=1S/C4H10O3.C3H8O2/c1-2-3-4(5,6)7;1-4-3-5-2/h5-7H,2-3H2,1H3;3H2,1-2H3. The van der Waals surface area contributed by atoms with E-state index in [0.717, 1.165) is 0 Å². The van der Waals surface area contributed by atoms with Crippen molar-refractivity contribution < 1.29 is 24.8 Å². The van der Waals surface area contributed by atoms with Gasteiger partial charge < -0.3 is 24.8 Å². The number of hydrogen-bond acceptors (Lipinski definition) is 5. The average molecular weight is 182 g/mol. The summed E-state index contributed by atoms with van der Waals surface area (Å²) in [6.45, 7) is 2.14. The molecule has 0 aromatic carbocycles. The molecule has 0 fully saturated rings. The first kappa shape index (κ1) is 14.3. The highest BCUT2D eigenvalue weighted by molar-refractivity contribution is 4.41. The van der Waals surface area contributed by atoms with Crippen LogP contribution in [0.1, 0.15) is 19.8 Å². The number of hydrogen-bond donors (Lipinski definition) is 3. The molecule has 76 valence electrons. The predicted octanol–water partition coefficient (Wildman–Crippen LogP) is -0.346. The van der Waals surface area contributed by atoms with Crippen LogP contribution in [-0.4, -0.2) is 42.3 Å². The van der Waals surface area contributed by atoms with Gasteiger partial charge in [-0.1, -0.05) is 6.92 Å². The van der Waals surface area contributed by atoms with E-state index in [1.165, 1.54) is 0 Å². The Morgan fingerprint density at radius 2 is 1.50 bits per heavy atom. The summed E-state index contributed by atoms with van der Waals surface area (Å²) in [7, 11) is 3.17. The van der Waals surface area contributed by atoms with Crippen molar-refractivity contribution in [3.05, 3.63) is 0 Å². The van der Waals surface area contributed by atoms with Crippen LogP contribution in [0.15, 0.2) is 0 Å². The first-order valence-corrected chi connectivity index (χ1v) is 3.63. The van der Waals surface area contributed by atoms with Crippen LogP contribution in [0.3, 0.4) is 0 Å². The van der Waals surface area contributed by atoms with Crippen LogP contribution >= 0.6 is 0 Å². The number of ether oxygens (including phenoxy) is 2. The molecule has 0 radical (unpaired) electrons. The zero-order valence-corrected chi connectivity index (χ0v) is 7.78. The molecule has 0 saturated heterocycles. The van der Waals surface area contributed by atoms with Gasteiger partial charge in [0.15, 0.2) is 0 Å². The Kier molecular flexibility index (Phi) is 10.6. The molecule has 0 amide bonds. The normalized spacial score (nSPS) is 10.5. The summed E-state index contributed by atoms with van der Waals surface area (Å²) in [6.07, 6.45) is 0.566. The summed E-state index contributed by atoms with van der Waals surface area (Å²) in [4.78, 5) is 0. The summed E-state index contributed by atoms with van der Waals surface area (Å²) < 4.78 is 8.94. The maximum absolute atomic E-state index is 8.13. The summed E-state index contributed by atoms with van der Waals surface area (Å²) in [5.74, 6) is -2.45. The minimum Gasteiger partial charge on any atom is -0.359 e. The highest BCUT2D eigenvalue weighted by atomic mass is 16.7. The van der Waals surface area contributed by atoms with Gasteiger partial charge in [0.25, 0.3) is 5.97 Å². The zero-order chi connectivity index (χ0) is 10.0. The molecule has 0 aromatic heterocycles. The van der Waals surface area contributed by atoms with E-state index in [1.807, 2.05) is 0 Å². The van der Waals surface area contributed by atoms with Crippen molar-refractivity contribution in [2.45, 2.75) is 25.7 Å². The smallest absolute Gasteiger partial charge is 0.275 e. The Bertz CT molecular complexity index is 76.4. The largest absolute Gasteiger partial charge is 0.359 e. The zero-order valence-electron chi connectivity index (χ0n) is 7.78. The molecule has 0 saturated carbocycles. The van der Waals surface area contributed by atoms with Gasteiger partial charge in [-0.05, 0) is 6.42 Å². The van der Waals surface area contributed by atoms with Crippen LogP contribution in [0.2, 0.25) is 0 Å². The van der Waals surface area contributed by atoms with Crippen LogP contribution in [0.5, 0.6) is 0 Å². The van der Waals surface area contributed by atoms with Crippen molar-refractivity contribution in [3.8, 4) is 0 Å². The molecule has 5 heteroatoms. The van der Waals surface area contributed by atoms with E-state index in [0.29, 0.717) is 13.2 Å². The average Bonchev–Trinajstić information content (AvgIpc) is 1.87. The predicted molar refractivity (Wildman–Crippen MR) is 43.2 cm³/mol. The molecule has 0 aliphatic heterocycles. The minimum absolute atomic E-state index is 0.00694. The lowest BCUT2D eigenvalue weighted by atomic mass is 10.3. The minimum atomic E-state index is -2.45. The van der Waals surface area contributed by atoms with Gasteiger partial charge in [-0.2, -0.15) is 0 Å². The van der Waals surface area contributed by atoms with E-state index in [-0.39, 0.29) is 6.42 Å². The maximum Gasteiger partial charge on any atom is 0.275 e. The lowest BCUT2D eigenvalue weighted by molar-refractivity contribution is -0.314. The molecule has 0 aliphatic carbocycles. The van der Waals surface area contributed by atoms with Gasteiger partial charge in [0.05, 0.1) is 0 Å². The molecule has 12 heavy (non-hydrogen) atoms. The molecule has 0 unspecified atom stereocenters. The third-order valence-corrected chi connectivity index (χ3v) is 0.821. The Morgan fingerprint density at radius 3 is 1.50 bits per heavy atom. The first-order chi connectivity index (χ1) is 5.47. The lowest BCUT2D eigenvalue weighted by Gasteiger charge is -2.10. The summed E-state index contributed by atoms with van der Waals surface area (Å²) in [6, 6.07) is 0. The Morgan fingerprint density at radius 1 is 1.08 bits per heavy atom. The second-order valence-electron chi connectivity index (χ2n) is 2.22. The van der Waals surface area contributed by atoms with Crippen molar-refractivity contribution >= 4 is 0 Å². The number of methoxy groups -OCH3 is 2. The van der Waals surface area contributed by atoms with E-state index in [9.17, 15) is 0 Å². The molecule has 3 N–H and O–H groups in total. The Labute approximate surface area is 72.5 Å². The van der Waals surface area contributed by atoms with Gasteiger partial charge in [-0.3, -0.25) is 0 Å². The second kappa shape index (κ2) is 8.89. The number of rotatable bonds is 4. The highest BCUT2D eigenvalue weighted by Gasteiger charge is 2.14. The van der Waals surface area contributed by atoms with Crippen LogP contribution in [0, 0.1) is 0 Å². The summed E-state index contributed by atoms with van der Waals surface area (Å²) >= 11 is 0. The third kappa shape index (κ3) is 22.6. The second-order valence-corrected chi connectivity index (χ2v) is 2.22. The SMILES string of the molecule is CCCC(O)(O)O.COCOC. The highest BCUT2D eigenvalue weighted by Crippen LogP contribution is 2.01. The monoisotopic (exact) mass is 182 g/mol. The van der Waals surface area contributed by atoms with Gasteiger partial charge in [0.2, 0.25) is 0 Å². The van der Waals surface area contributed by atoms with E-state index in [4.69, 9.17) is 15.3 Å². The molecule has 0 heterocycles. The molecular formula is C7H18O5. The van der Waals surface area contributed by atoms with Crippen molar-refractivity contribution in [2.24, 2.45) is 0 Å². The van der Waals surface area contributed by atoms with Gasteiger partial charge in [-0.15, -0.1) is 0 Å². The van der Waals surface area contributed by atoms with E-state index >= 15 is 0 Å². The van der Waals surface area contributed by atoms with Crippen molar-refractivity contribution in [1.29, 1.82) is 0 Å². The lowest BCUT2D eigenvalue weighted by Crippen LogP contribution is -2.26. The molecule has 0 atom stereocenters. The summed E-state index contributed by atoms with van der Waals surface area (Å²) in [5.41, 5.74) is 0. The Hall–Kier alpha value is -0.200. The van der Waals surface area contributed by atoms with Crippen LogP contribution < -0.4 is 0 Å². The molecule has 0 bridgehead atoms. The molecular weight excluding hydrogens is 164 g/mol. The molecule has 5 nitrogen and oxygen atoms in total. The van der Waals surface area contributed by atoms with Crippen LogP contribution in [-0.2, 0) is 9.47 Å². The van der Waals surface area contributed by atoms with Crippen LogP contribution in [0.4, 0.5) is 0 Å². The van der Waals surface area contributed by atoms with Crippen molar-refractivity contribution in [3.63, 3.8) is 0 Å². The number of aliphatic hydroxyl groups is 3. The van der Waals surface area contributed by atoms with Crippen LogP contribution in [0.25, 0.3) is 0 Å². The Balaban J connectivity index is 0. The molecule has 0 rings (SSSR count). The van der Waals surface area contributed by atoms with Crippen molar-refractivity contribution in [1.82, 2.24) is 0 Å². The van der Waals surface area contributed by atoms with Gasteiger partial charge >= 0.3 is 0 Å². The van der Waals surface area contributed by atoms with E-state index in [2.05, 4.69) is 9.47 Å². The van der Waals surface area contributed by atoms with Crippen molar-refractivity contribution in [2.75, 3.05) is 21.0 Å². The molecule has 0 spiro atoms. The van der Waals surface area contributed by atoms with Gasteiger partial charge in [0.1, 0.15) is 6.79 Å². The topological polar surface area (TPSA) is 79.2 Å². The first-order valence-electron chi connectivity index (χ1n) is 3.63. The fourth-order valence-electron chi connectivity index (χ4n) is 0.453. The molecule has 0 aromatic rings. The molecule has 0 aliphatic rings. The quantitative estimate of drug-likeness (QED) is 0.518.